The van der Waals surface area contributed by atoms with Crippen molar-refractivity contribution in [3.8, 4) is 0 Å². The number of benzene rings is 1. The molecule has 1 aliphatic rings. The highest BCUT2D eigenvalue weighted by molar-refractivity contribution is 14.0. The lowest BCUT2D eigenvalue weighted by molar-refractivity contribution is 0.652. The number of para-hydroxylation sites is 1. The monoisotopic (exact) mass is 420 g/mol. The van der Waals surface area contributed by atoms with Gasteiger partial charge in [0, 0.05) is 44.2 Å². The van der Waals surface area contributed by atoms with E-state index in [1.807, 2.05) is 18.8 Å². The van der Waals surface area contributed by atoms with Crippen molar-refractivity contribution < 1.29 is 0 Å². The van der Waals surface area contributed by atoms with Gasteiger partial charge in [-0.25, -0.2) is 0 Å². The first-order valence-electron chi connectivity index (χ1n) is 7.09. The molecule has 0 saturated carbocycles. The van der Waals surface area contributed by atoms with Gasteiger partial charge in [0.15, 0.2) is 5.96 Å². The highest BCUT2D eigenvalue weighted by Gasteiger charge is 2.23. The predicted octanol–water partition coefficient (Wildman–Crippen LogP) is 2.41. The number of guanidine groups is 1. The van der Waals surface area contributed by atoms with Gasteiger partial charge in [-0.2, -0.15) is 11.8 Å². The van der Waals surface area contributed by atoms with Gasteiger partial charge in [0.2, 0.25) is 0 Å². The number of nitrogens with one attached hydrogen (secondary N) is 2. The van der Waals surface area contributed by atoms with E-state index in [0.29, 0.717) is 6.04 Å². The number of hydrogen-bond acceptors (Lipinski definition) is 3. The van der Waals surface area contributed by atoms with E-state index in [1.165, 1.54) is 5.69 Å². The van der Waals surface area contributed by atoms with Crippen molar-refractivity contribution in [1.29, 1.82) is 0 Å². The van der Waals surface area contributed by atoms with Crippen LogP contribution < -0.4 is 15.5 Å². The number of thioether (sulfide) groups is 1. The lowest BCUT2D eigenvalue weighted by Gasteiger charge is -2.20. The molecule has 1 heterocycles. The molecule has 0 bridgehead atoms. The number of halogens is 1. The Morgan fingerprint density at radius 2 is 2.14 bits per heavy atom. The van der Waals surface area contributed by atoms with E-state index in [-0.39, 0.29) is 24.0 Å². The van der Waals surface area contributed by atoms with Gasteiger partial charge < -0.3 is 15.5 Å². The number of hydrogen-bond donors (Lipinski definition) is 2. The first-order chi connectivity index (χ1) is 9.83. The minimum Gasteiger partial charge on any atom is -0.369 e. The Kier molecular flexibility index (Phi) is 8.91. The van der Waals surface area contributed by atoms with Crippen LogP contribution in [0.4, 0.5) is 5.69 Å². The van der Waals surface area contributed by atoms with Crippen molar-refractivity contribution in [3.05, 3.63) is 30.3 Å². The highest BCUT2D eigenvalue weighted by Crippen LogP contribution is 2.19. The van der Waals surface area contributed by atoms with E-state index >= 15 is 0 Å². The fraction of sp³-hybridized carbons (Fsp3) is 0.533. The third-order valence-corrected chi connectivity index (χ3v) is 4.09. The van der Waals surface area contributed by atoms with Gasteiger partial charge in [-0.05, 0) is 24.8 Å². The molecule has 0 aromatic heterocycles. The van der Waals surface area contributed by atoms with Gasteiger partial charge in [0.1, 0.15) is 0 Å². The molecule has 1 aromatic carbocycles. The number of anilines is 1. The predicted molar refractivity (Wildman–Crippen MR) is 105 cm³/mol. The number of nitrogens with zero attached hydrogens (tertiary/aromatic N) is 2. The van der Waals surface area contributed by atoms with Crippen molar-refractivity contribution in [2.75, 3.05) is 43.6 Å². The molecule has 118 valence electrons. The number of rotatable bonds is 5. The largest absolute Gasteiger partial charge is 0.369 e. The molecule has 0 spiro atoms. The van der Waals surface area contributed by atoms with E-state index in [1.54, 1.807) is 0 Å². The SMILES string of the molecule is CN=C(NCCSC)NC1CCN(c2ccccc2)C1.I. The summed E-state index contributed by atoms with van der Waals surface area (Å²) in [5.41, 5.74) is 1.31. The first kappa shape index (κ1) is 18.4. The third-order valence-electron chi connectivity index (χ3n) is 3.47. The molecule has 6 heteroatoms. The van der Waals surface area contributed by atoms with Crippen molar-refractivity contribution in [2.24, 2.45) is 4.99 Å². The second-order valence-electron chi connectivity index (χ2n) is 4.90. The van der Waals surface area contributed by atoms with Gasteiger partial charge >= 0.3 is 0 Å². The van der Waals surface area contributed by atoms with Crippen molar-refractivity contribution >= 4 is 47.4 Å². The first-order valence-corrected chi connectivity index (χ1v) is 8.49. The Labute approximate surface area is 149 Å². The molecule has 1 saturated heterocycles. The summed E-state index contributed by atoms with van der Waals surface area (Å²) in [7, 11) is 1.83. The van der Waals surface area contributed by atoms with Gasteiger partial charge in [0.05, 0.1) is 0 Å². The Morgan fingerprint density at radius 3 is 2.81 bits per heavy atom. The standard InChI is InChI=1S/C15H24N4S.HI/c1-16-15(17-9-11-20-2)18-13-8-10-19(12-13)14-6-4-3-5-7-14;/h3-7,13H,8-12H2,1-2H3,(H2,16,17,18);1H. The van der Waals surface area contributed by atoms with Gasteiger partial charge in [-0.3, -0.25) is 4.99 Å². The second-order valence-corrected chi connectivity index (χ2v) is 5.89. The summed E-state index contributed by atoms with van der Waals surface area (Å²) >= 11 is 1.84. The molecule has 0 aliphatic carbocycles. The zero-order valence-corrected chi connectivity index (χ0v) is 15.9. The van der Waals surface area contributed by atoms with Crippen LogP contribution in [-0.4, -0.2) is 50.7 Å². The van der Waals surface area contributed by atoms with E-state index in [2.05, 4.69) is 57.1 Å². The molecule has 1 unspecified atom stereocenters. The van der Waals surface area contributed by atoms with Crippen LogP contribution >= 0.6 is 35.7 Å². The fourth-order valence-corrected chi connectivity index (χ4v) is 2.72. The zero-order valence-electron chi connectivity index (χ0n) is 12.7. The smallest absolute Gasteiger partial charge is 0.191 e. The summed E-state index contributed by atoms with van der Waals surface area (Å²) in [6, 6.07) is 11.1. The maximum absolute atomic E-state index is 4.29. The maximum atomic E-state index is 4.29. The number of aliphatic imine (C=N–C) groups is 1. The molecule has 1 atom stereocenters. The normalized spacial score (nSPS) is 18.3. The molecule has 2 N–H and O–H groups in total. The van der Waals surface area contributed by atoms with Crippen LogP contribution in [0.3, 0.4) is 0 Å². The topological polar surface area (TPSA) is 39.7 Å². The molecule has 1 aliphatic heterocycles. The van der Waals surface area contributed by atoms with Gasteiger partial charge in [0.25, 0.3) is 0 Å². The molecule has 1 fully saturated rings. The second kappa shape index (κ2) is 10.2. The lowest BCUT2D eigenvalue weighted by atomic mass is 10.3. The van der Waals surface area contributed by atoms with Crippen LogP contribution in [0.5, 0.6) is 0 Å². The highest BCUT2D eigenvalue weighted by atomic mass is 127. The molecule has 0 amide bonds. The van der Waals surface area contributed by atoms with Gasteiger partial charge in [-0.15, -0.1) is 24.0 Å². The average Bonchev–Trinajstić information content (AvgIpc) is 2.96. The molecule has 21 heavy (non-hydrogen) atoms. The van der Waals surface area contributed by atoms with Crippen LogP contribution in [-0.2, 0) is 0 Å². The molecular weight excluding hydrogens is 395 g/mol. The van der Waals surface area contributed by atoms with Crippen LogP contribution in [0.15, 0.2) is 35.3 Å². The molecule has 2 rings (SSSR count). The van der Waals surface area contributed by atoms with Crippen LogP contribution in [0, 0.1) is 0 Å². The third kappa shape index (κ3) is 5.94. The Morgan fingerprint density at radius 1 is 1.38 bits per heavy atom. The average molecular weight is 420 g/mol. The van der Waals surface area contributed by atoms with Crippen LogP contribution in [0.25, 0.3) is 0 Å². The molecular formula is C15H25IN4S. The van der Waals surface area contributed by atoms with Gasteiger partial charge in [-0.1, -0.05) is 18.2 Å². The fourth-order valence-electron chi connectivity index (χ4n) is 2.41. The van der Waals surface area contributed by atoms with Crippen molar-refractivity contribution in [1.82, 2.24) is 10.6 Å². The van der Waals surface area contributed by atoms with E-state index in [0.717, 1.165) is 37.8 Å². The summed E-state index contributed by atoms with van der Waals surface area (Å²) in [6.45, 7) is 3.09. The minimum absolute atomic E-state index is 0. The minimum atomic E-state index is 0. The molecule has 4 nitrogen and oxygen atoms in total. The van der Waals surface area contributed by atoms with E-state index < -0.39 is 0 Å². The maximum Gasteiger partial charge on any atom is 0.191 e. The van der Waals surface area contributed by atoms with E-state index in [9.17, 15) is 0 Å². The summed E-state index contributed by atoms with van der Waals surface area (Å²) in [5.74, 6) is 2.01. The summed E-state index contributed by atoms with van der Waals surface area (Å²) < 4.78 is 0. The summed E-state index contributed by atoms with van der Waals surface area (Å²) in [6.07, 6.45) is 3.27. The molecule has 1 aromatic rings. The Balaban J connectivity index is 0.00000220. The van der Waals surface area contributed by atoms with E-state index in [4.69, 9.17) is 0 Å². The summed E-state index contributed by atoms with van der Waals surface area (Å²) in [5, 5.41) is 6.86. The van der Waals surface area contributed by atoms with Crippen molar-refractivity contribution in [2.45, 2.75) is 12.5 Å². The van der Waals surface area contributed by atoms with Crippen LogP contribution in [0.1, 0.15) is 6.42 Å². The van der Waals surface area contributed by atoms with Crippen molar-refractivity contribution in [3.63, 3.8) is 0 Å². The quantitative estimate of drug-likeness (QED) is 0.332. The summed E-state index contributed by atoms with van der Waals surface area (Å²) in [4.78, 5) is 6.71. The molecule has 0 radical (unpaired) electrons. The Bertz CT molecular complexity index is 427. The van der Waals surface area contributed by atoms with Crippen LogP contribution in [0.2, 0.25) is 0 Å². The zero-order chi connectivity index (χ0) is 14.2. The lowest BCUT2D eigenvalue weighted by Crippen LogP contribution is -2.45. The Hall–Kier alpha value is -0.630.